The number of ether oxygens (including phenoxy) is 1. The van der Waals surface area contributed by atoms with E-state index < -0.39 is 6.10 Å². The number of likely N-dealkylation sites (N-methyl/N-ethyl adjacent to an activating group) is 1. The molecule has 2 atom stereocenters. The van der Waals surface area contributed by atoms with Crippen LogP contribution in [0.5, 0.6) is 0 Å². The Hall–Kier alpha value is -1.40. The van der Waals surface area contributed by atoms with Crippen molar-refractivity contribution in [2.24, 2.45) is 5.92 Å². The molecule has 1 aromatic heterocycles. The van der Waals surface area contributed by atoms with Crippen molar-refractivity contribution < 1.29 is 14.6 Å². The number of carbonyl (C=O) groups excluding carboxylic acids is 1. The molecular weight excluding hydrogens is 282 g/mol. The van der Waals surface area contributed by atoms with Gasteiger partial charge in [-0.3, -0.25) is 9.48 Å². The number of nitrogens with zero attached hydrogens (tertiary/aromatic N) is 3. The number of aliphatic hydroxyl groups is 1. The molecule has 1 aliphatic heterocycles. The molecule has 6 heteroatoms. The van der Waals surface area contributed by atoms with E-state index in [-0.39, 0.29) is 11.9 Å². The van der Waals surface area contributed by atoms with Gasteiger partial charge in [0.05, 0.1) is 37.5 Å². The summed E-state index contributed by atoms with van der Waals surface area (Å²) >= 11 is 0. The van der Waals surface area contributed by atoms with Crippen molar-refractivity contribution in [1.82, 2.24) is 14.7 Å². The van der Waals surface area contributed by atoms with E-state index in [0.717, 1.165) is 23.5 Å². The van der Waals surface area contributed by atoms with Gasteiger partial charge in [0, 0.05) is 24.8 Å². The minimum atomic E-state index is -0.597. The van der Waals surface area contributed by atoms with Crippen LogP contribution < -0.4 is 0 Å². The zero-order valence-electron chi connectivity index (χ0n) is 14.2. The quantitative estimate of drug-likeness (QED) is 0.878. The van der Waals surface area contributed by atoms with Crippen LogP contribution >= 0.6 is 0 Å². The predicted molar refractivity (Wildman–Crippen MR) is 83.6 cm³/mol. The van der Waals surface area contributed by atoms with Crippen molar-refractivity contribution >= 4 is 5.91 Å². The van der Waals surface area contributed by atoms with Crippen LogP contribution in [0.25, 0.3) is 0 Å². The number of aryl methyl sites for hydroxylation is 1. The highest BCUT2D eigenvalue weighted by atomic mass is 16.5. The van der Waals surface area contributed by atoms with E-state index in [2.05, 4.69) is 18.9 Å². The fourth-order valence-corrected chi connectivity index (χ4v) is 2.88. The van der Waals surface area contributed by atoms with Gasteiger partial charge in [-0.2, -0.15) is 5.10 Å². The maximum Gasteiger partial charge on any atom is 0.227 e. The first-order valence-electron chi connectivity index (χ1n) is 7.85. The third-order valence-electron chi connectivity index (χ3n) is 4.31. The van der Waals surface area contributed by atoms with Gasteiger partial charge in [-0.05, 0) is 19.8 Å². The summed E-state index contributed by atoms with van der Waals surface area (Å²) in [6, 6.07) is -0.251. The molecule has 2 rings (SSSR count). The second-order valence-corrected chi connectivity index (χ2v) is 6.58. The highest BCUT2D eigenvalue weighted by Gasteiger charge is 2.32. The Balaban J connectivity index is 2.09. The van der Waals surface area contributed by atoms with Crippen LogP contribution in [0.2, 0.25) is 0 Å². The van der Waals surface area contributed by atoms with Crippen LogP contribution in [0.1, 0.15) is 30.8 Å². The predicted octanol–water partition coefficient (Wildman–Crippen LogP) is 0.917. The van der Waals surface area contributed by atoms with Crippen LogP contribution in [0.15, 0.2) is 0 Å². The molecule has 0 radical (unpaired) electrons. The third kappa shape index (κ3) is 3.50. The number of aromatic nitrogens is 2. The van der Waals surface area contributed by atoms with Gasteiger partial charge in [-0.1, -0.05) is 13.8 Å². The van der Waals surface area contributed by atoms with E-state index in [9.17, 15) is 9.90 Å². The van der Waals surface area contributed by atoms with Gasteiger partial charge in [-0.15, -0.1) is 0 Å². The number of hydrogen-bond acceptors (Lipinski definition) is 4. The van der Waals surface area contributed by atoms with Crippen molar-refractivity contribution in [1.29, 1.82) is 0 Å². The maximum absolute atomic E-state index is 12.5. The maximum atomic E-state index is 12.5. The SMILES string of the molecule is Cc1nn(CC(C)C)c(C)c1CC(=O)N(C)[C@@H]1COC[C@H]1O. The van der Waals surface area contributed by atoms with Gasteiger partial charge >= 0.3 is 0 Å². The van der Waals surface area contributed by atoms with E-state index in [0.29, 0.717) is 25.6 Å². The second kappa shape index (κ2) is 6.79. The van der Waals surface area contributed by atoms with Crippen molar-refractivity contribution in [2.75, 3.05) is 20.3 Å². The lowest BCUT2D eigenvalue weighted by Crippen LogP contribution is -2.44. The lowest BCUT2D eigenvalue weighted by Gasteiger charge is -2.25. The molecule has 0 saturated carbocycles. The lowest BCUT2D eigenvalue weighted by atomic mass is 10.1. The number of rotatable bonds is 5. The molecular formula is C16H27N3O3. The van der Waals surface area contributed by atoms with Gasteiger partial charge in [0.15, 0.2) is 0 Å². The summed E-state index contributed by atoms with van der Waals surface area (Å²) < 4.78 is 7.21. The summed E-state index contributed by atoms with van der Waals surface area (Å²) in [6.45, 7) is 9.80. The fourth-order valence-electron chi connectivity index (χ4n) is 2.88. The second-order valence-electron chi connectivity index (χ2n) is 6.58. The minimum absolute atomic E-state index is 0.00940. The largest absolute Gasteiger partial charge is 0.388 e. The summed E-state index contributed by atoms with van der Waals surface area (Å²) in [4.78, 5) is 14.1. The summed E-state index contributed by atoms with van der Waals surface area (Å²) in [5, 5.41) is 14.4. The van der Waals surface area contributed by atoms with Gasteiger partial charge in [0.2, 0.25) is 5.91 Å². The number of carbonyl (C=O) groups is 1. The molecule has 0 aromatic carbocycles. The fraction of sp³-hybridized carbons (Fsp3) is 0.750. The van der Waals surface area contributed by atoms with E-state index in [4.69, 9.17) is 4.74 Å². The highest BCUT2D eigenvalue weighted by Crippen LogP contribution is 2.18. The molecule has 2 heterocycles. The van der Waals surface area contributed by atoms with Gasteiger partial charge < -0.3 is 14.7 Å². The molecule has 1 saturated heterocycles. The zero-order valence-corrected chi connectivity index (χ0v) is 14.2. The Morgan fingerprint density at radius 2 is 2.14 bits per heavy atom. The Morgan fingerprint density at radius 3 is 2.68 bits per heavy atom. The number of aliphatic hydroxyl groups excluding tert-OH is 1. The average Bonchev–Trinajstić information content (AvgIpc) is 2.96. The molecule has 0 aliphatic carbocycles. The molecule has 1 N–H and O–H groups in total. The monoisotopic (exact) mass is 309 g/mol. The molecule has 1 aliphatic rings. The van der Waals surface area contributed by atoms with Crippen LogP contribution in [-0.2, 0) is 22.5 Å². The number of hydrogen-bond donors (Lipinski definition) is 1. The first-order valence-corrected chi connectivity index (χ1v) is 7.85. The molecule has 0 unspecified atom stereocenters. The van der Waals surface area contributed by atoms with E-state index in [1.54, 1.807) is 11.9 Å². The summed E-state index contributed by atoms with van der Waals surface area (Å²) in [6.07, 6.45) is -0.282. The van der Waals surface area contributed by atoms with Crippen molar-refractivity contribution in [3.63, 3.8) is 0 Å². The van der Waals surface area contributed by atoms with E-state index in [1.807, 2.05) is 18.5 Å². The van der Waals surface area contributed by atoms with Crippen molar-refractivity contribution in [3.8, 4) is 0 Å². The van der Waals surface area contributed by atoms with Crippen LogP contribution in [0, 0.1) is 19.8 Å². The van der Waals surface area contributed by atoms with Crippen LogP contribution in [-0.4, -0.2) is 58.1 Å². The molecule has 1 fully saturated rings. The Kier molecular flexibility index (Phi) is 5.24. The van der Waals surface area contributed by atoms with Crippen molar-refractivity contribution in [2.45, 2.75) is 52.8 Å². The molecule has 0 spiro atoms. The minimum Gasteiger partial charge on any atom is -0.388 e. The third-order valence-corrected chi connectivity index (χ3v) is 4.31. The zero-order chi connectivity index (χ0) is 16.4. The van der Waals surface area contributed by atoms with E-state index >= 15 is 0 Å². The molecule has 0 bridgehead atoms. The van der Waals surface area contributed by atoms with Gasteiger partial charge in [0.1, 0.15) is 0 Å². The molecule has 22 heavy (non-hydrogen) atoms. The Bertz CT molecular complexity index is 539. The standard InChI is InChI=1S/C16H27N3O3/c1-10(2)7-19-12(4)13(11(3)17-19)6-16(21)18(5)14-8-22-9-15(14)20/h10,14-15,20H,6-9H2,1-5H3/t14-,15-/m1/s1. The average molecular weight is 309 g/mol. The summed E-state index contributed by atoms with van der Waals surface area (Å²) in [5.41, 5.74) is 2.95. The summed E-state index contributed by atoms with van der Waals surface area (Å²) in [5.74, 6) is 0.500. The smallest absolute Gasteiger partial charge is 0.227 e. The Morgan fingerprint density at radius 1 is 1.45 bits per heavy atom. The van der Waals surface area contributed by atoms with Gasteiger partial charge in [0.25, 0.3) is 0 Å². The molecule has 1 amide bonds. The first kappa shape index (κ1) is 17.0. The topological polar surface area (TPSA) is 67.6 Å². The van der Waals surface area contributed by atoms with Crippen molar-refractivity contribution in [3.05, 3.63) is 17.0 Å². The van der Waals surface area contributed by atoms with E-state index in [1.165, 1.54) is 0 Å². The van der Waals surface area contributed by atoms with Crippen LogP contribution in [0.3, 0.4) is 0 Å². The number of amides is 1. The Labute approximate surface area is 132 Å². The lowest BCUT2D eigenvalue weighted by molar-refractivity contribution is -0.132. The normalized spacial score (nSPS) is 21.6. The first-order chi connectivity index (χ1) is 10.3. The van der Waals surface area contributed by atoms with Gasteiger partial charge in [-0.25, -0.2) is 0 Å². The summed E-state index contributed by atoms with van der Waals surface area (Å²) in [7, 11) is 1.73. The molecule has 124 valence electrons. The van der Waals surface area contributed by atoms with Crippen LogP contribution in [0.4, 0.5) is 0 Å². The molecule has 1 aromatic rings. The molecule has 6 nitrogen and oxygen atoms in total. The highest BCUT2D eigenvalue weighted by molar-refractivity contribution is 5.79.